The summed E-state index contributed by atoms with van der Waals surface area (Å²) in [7, 11) is 0. The number of halogens is 4. The fourth-order valence-electron chi connectivity index (χ4n) is 2.82. The summed E-state index contributed by atoms with van der Waals surface area (Å²) in [5.74, 6) is -1.92. The molecule has 0 unspecified atom stereocenters. The summed E-state index contributed by atoms with van der Waals surface area (Å²) in [5.41, 5.74) is -1.63. The van der Waals surface area contributed by atoms with E-state index in [1.165, 1.54) is 0 Å². The monoisotopic (exact) mass is 377 g/mol. The zero-order valence-electron chi connectivity index (χ0n) is 13.9. The van der Waals surface area contributed by atoms with E-state index in [0.29, 0.717) is 37.6 Å². The molecule has 144 valence electrons. The molecule has 1 aliphatic rings. The zero-order valence-corrected chi connectivity index (χ0v) is 13.9. The second kappa shape index (κ2) is 7.90. The van der Waals surface area contributed by atoms with Gasteiger partial charge in [0.05, 0.1) is 17.8 Å². The summed E-state index contributed by atoms with van der Waals surface area (Å²) in [5, 5.41) is 13.4. The van der Waals surface area contributed by atoms with Crippen LogP contribution in [-0.4, -0.2) is 47.2 Å². The fourth-order valence-corrected chi connectivity index (χ4v) is 2.82. The standard InChI is InChI=1S/C16H19F4N3O3/c1-2-23(8-14(24)25)11-6-10(7-11)21-15(26)22-13-5-9(16(18,19)20)3-4-12(13)17/h3-5,10-11H,2,6-8H2,1H3,(H,24,25)(H2,21,22,26). The van der Waals surface area contributed by atoms with Crippen LogP contribution in [-0.2, 0) is 11.0 Å². The molecule has 0 atom stereocenters. The number of urea groups is 1. The van der Waals surface area contributed by atoms with Crippen LogP contribution in [0, 0.1) is 5.82 Å². The van der Waals surface area contributed by atoms with Gasteiger partial charge >= 0.3 is 18.2 Å². The molecule has 2 amide bonds. The number of alkyl halides is 3. The molecule has 0 aromatic heterocycles. The van der Waals surface area contributed by atoms with Crippen molar-refractivity contribution in [2.24, 2.45) is 0 Å². The van der Waals surface area contributed by atoms with Crippen molar-refractivity contribution >= 4 is 17.7 Å². The van der Waals surface area contributed by atoms with Crippen molar-refractivity contribution in [3.63, 3.8) is 0 Å². The first-order valence-corrected chi connectivity index (χ1v) is 8.00. The maximum atomic E-state index is 13.6. The number of carbonyl (C=O) groups is 2. The van der Waals surface area contributed by atoms with Crippen molar-refractivity contribution in [1.82, 2.24) is 10.2 Å². The minimum Gasteiger partial charge on any atom is -0.480 e. The maximum Gasteiger partial charge on any atom is 0.416 e. The summed E-state index contributed by atoms with van der Waals surface area (Å²) in [6, 6.07) is 0.709. The lowest BCUT2D eigenvalue weighted by atomic mass is 9.85. The van der Waals surface area contributed by atoms with Crippen molar-refractivity contribution < 1.29 is 32.3 Å². The van der Waals surface area contributed by atoms with Gasteiger partial charge in [-0.25, -0.2) is 9.18 Å². The zero-order chi connectivity index (χ0) is 19.5. The van der Waals surface area contributed by atoms with E-state index in [1.54, 1.807) is 4.90 Å². The molecule has 0 bridgehead atoms. The van der Waals surface area contributed by atoms with Gasteiger partial charge in [-0.15, -0.1) is 0 Å². The summed E-state index contributed by atoms with van der Waals surface area (Å²) >= 11 is 0. The number of hydrogen-bond acceptors (Lipinski definition) is 3. The van der Waals surface area contributed by atoms with Gasteiger partial charge in [-0.1, -0.05) is 6.92 Å². The van der Waals surface area contributed by atoms with Crippen LogP contribution in [0.2, 0.25) is 0 Å². The highest BCUT2D eigenvalue weighted by Gasteiger charge is 2.35. The molecule has 10 heteroatoms. The lowest BCUT2D eigenvalue weighted by Gasteiger charge is -2.42. The normalized spacial score (nSPS) is 19.8. The van der Waals surface area contributed by atoms with Crippen LogP contribution in [0.4, 0.5) is 28.0 Å². The lowest BCUT2D eigenvalue weighted by molar-refractivity contribution is -0.139. The Hall–Kier alpha value is -2.36. The van der Waals surface area contributed by atoms with Gasteiger partial charge in [-0.2, -0.15) is 13.2 Å². The molecule has 0 saturated heterocycles. The quantitative estimate of drug-likeness (QED) is 0.666. The van der Waals surface area contributed by atoms with E-state index >= 15 is 0 Å². The van der Waals surface area contributed by atoms with Gasteiger partial charge in [0.2, 0.25) is 0 Å². The topological polar surface area (TPSA) is 81.7 Å². The molecule has 6 nitrogen and oxygen atoms in total. The second-order valence-corrected chi connectivity index (χ2v) is 6.07. The highest BCUT2D eigenvalue weighted by atomic mass is 19.4. The molecule has 0 radical (unpaired) electrons. The number of carboxylic acid groups (broad SMARTS) is 1. The molecule has 2 rings (SSSR count). The Morgan fingerprint density at radius 2 is 1.96 bits per heavy atom. The van der Waals surface area contributed by atoms with Gasteiger partial charge in [-0.3, -0.25) is 9.69 Å². The number of nitrogens with one attached hydrogen (secondary N) is 2. The molecule has 1 fully saturated rings. The van der Waals surface area contributed by atoms with E-state index < -0.39 is 35.2 Å². The predicted octanol–water partition coefficient (Wildman–Crippen LogP) is 2.90. The van der Waals surface area contributed by atoms with Gasteiger partial charge in [0.15, 0.2) is 0 Å². The van der Waals surface area contributed by atoms with E-state index in [-0.39, 0.29) is 18.6 Å². The number of hydrogen-bond donors (Lipinski definition) is 3. The highest BCUT2D eigenvalue weighted by molar-refractivity contribution is 5.89. The number of aliphatic carboxylic acids is 1. The van der Waals surface area contributed by atoms with Crippen LogP contribution >= 0.6 is 0 Å². The molecule has 1 aromatic rings. The van der Waals surface area contributed by atoms with E-state index in [2.05, 4.69) is 10.6 Å². The molecule has 1 aliphatic carbocycles. The Morgan fingerprint density at radius 1 is 1.31 bits per heavy atom. The summed E-state index contributed by atoms with van der Waals surface area (Å²) in [6.07, 6.45) is -3.62. The molecular formula is C16H19F4N3O3. The van der Waals surface area contributed by atoms with Gasteiger partial charge in [0, 0.05) is 12.1 Å². The lowest BCUT2D eigenvalue weighted by Crippen LogP contribution is -2.55. The van der Waals surface area contributed by atoms with Crippen LogP contribution < -0.4 is 10.6 Å². The number of amides is 2. The number of benzene rings is 1. The van der Waals surface area contributed by atoms with Gasteiger partial charge in [0.25, 0.3) is 0 Å². The number of nitrogens with zero attached hydrogens (tertiary/aromatic N) is 1. The third-order valence-electron chi connectivity index (χ3n) is 4.25. The first-order valence-electron chi connectivity index (χ1n) is 8.00. The Bertz CT molecular complexity index is 675. The van der Waals surface area contributed by atoms with Crippen LogP contribution in [0.5, 0.6) is 0 Å². The predicted molar refractivity (Wildman–Crippen MR) is 85.2 cm³/mol. The summed E-state index contributed by atoms with van der Waals surface area (Å²) in [6.45, 7) is 2.27. The van der Waals surface area contributed by atoms with Crippen molar-refractivity contribution in [2.75, 3.05) is 18.4 Å². The van der Waals surface area contributed by atoms with E-state index in [9.17, 15) is 27.2 Å². The molecule has 1 aromatic carbocycles. The van der Waals surface area contributed by atoms with Crippen LogP contribution in [0.1, 0.15) is 25.3 Å². The highest BCUT2D eigenvalue weighted by Crippen LogP contribution is 2.32. The van der Waals surface area contributed by atoms with Crippen molar-refractivity contribution in [3.8, 4) is 0 Å². The van der Waals surface area contributed by atoms with Crippen molar-refractivity contribution in [3.05, 3.63) is 29.6 Å². The molecule has 26 heavy (non-hydrogen) atoms. The summed E-state index contributed by atoms with van der Waals surface area (Å²) in [4.78, 5) is 24.4. The second-order valence-electron chi connectivity index (χ2n) is 6.07. The molecule has 0 aliphatic heterocycles. The Kier molecular flexibility index (Phi) is 6.06. The minimum atomic E-state index is -4.64. The smallest absolute Gasteiger partial charge is 0.416 e. The van der Waals surface area contributed by atoms with Gasteiger partial charge < -0.3 is 15.7 Å². The van der Waals surface area contributed by atoms with Gasteiger partial charge in [0.1, 0.15) is 5.82 Å². The van der Waals surface area contributed by atoms with E-state index in [0.717, 1.165) is 0 Å². The summed E-state index contributed by atoms with van der Waals surface area (Å²) < 4.78 is 51.6. The van der Waals surface area contributed by atoms with Crippen molar-refractivity contribution in [2.45, 2.75) is 38.0 Å². The molecule has 1 saturated carbocycles. The fraction of sp³-hybridized carbons (Fsp3) is 0.500. The Labute approximate surface area is 147 Å². The first kappa shape index (κ1) is 20.0. The number of anilines is 1. The van der Waals surface area contributed by atoms with Crippen LogP contribution in [0.25, 0.3) is 0 Å². The largest absolute Gasteiger partial charge is 0.480 e. The molecule has 0 spiro atoms. The van der Waals surface area contributed by atoms with Crippen LogP contribution in [0.15, 0.2) is 18.2 Å². The molecular weight excluding hydrogens is 358 g/mol. The number of carbonyl (C=O) groups excluding carboxylic acids is 1. The Morgan fingerprint density at radius 3 is 2.50 bits per heavy atom. The number of likely N-dealkylation sites (N-methyl/N-ethyl adjacent to an activating group) is 1. The maximum absolute atomic E-state index is 13.6. The third-order valence-corrected chi connectivity index (χ3v) is 4.25. The SMILES string of the molecule is CCN(CC(=O)O)C1CC(NC(=O)Nc2cc(C(F)(F)F)ccc2F)C1. The number of rotatable bonds is 6. The molecule has 0 heterocycles. The third kappa shape index (κ3) is 5.07. The van der Waals surface area contributed by atoms with E-state index in [4.69, 9.17) is 5.11 Å². The van der Waals surface area contributed by atoms with Crippen LogP contribution in [0.3, 0.4) is 0 Å². The van der Waals surface area contributed by atoms with E-state index in [1.807, 2.05) is 6.92 Å². The Balaban J connectivity index is 1.88. The molecule has 3 N–H and O–H groups in total. The first-order chi connectivity index (χ1) is 12.1. The van der Waals surface area contributed by atoms with Gasteiger partial charge in [-0.05, 0) is 37.6 Å². The van der Waals surface area contributed by atoms with Crippen molar-refractivity contribution in [1.29, 1.82) is 0 Å². The average Bonchev–Trinajstić information content (AvgIpc) is 2.49. The number of carboxylic acids is 1. The average molecular weight is 377 g/mol. The minimum absolute atomic E-state index is 0.00620.